The number of nitrogens with zero attached hydrogens (tertiary/aromatic N) is 4. The number of pyridine rings is 1. The van der Waals surface area contributed by atoms with Crippen LogP contribution in [0.3, 0.4) is 0 Å². The maximum absolute atomic E-state index is 9.85. The Kier molecular flexibility index (Phi) is 6.95. The molecule has 200 valence electrons. The van der Waals surface area contributed by atoms with Gasteiger partial charge in [-0.1, -0.05) is 31.5 Å². The van der Waals surface area contributed by atoms with E-state index in [1.54, 1.807) is 12.1 Å². The molecule has 2 fully saturated rings. The molecule has 0 bridgehead atoms. The summed E-state index contributed by atoms with van der Waals surface area (Å²) in [7, 11) is 0. The van der Waals surface area contributed by atoms with Crippen LogP contribution in [0.15, 0.2) is 85.2 Å². The Morgan fingerprint density at radius 2 is 1.69 bits per heavy atom. The van der Waals surface area contributed by atoms with Crippen molar-refractivity contribution in [1.29, 1.82) is 0 Å². The van der Waals surface area contributed by atoms with Gasteiger partial charge < -0.3 is 24.8 Å². The lowest BCUT2D eigenvalue weighted by molar-refractivity contribution is 0.357. The van der Waals surface area contributed by atoms with Crippen molar-refractivity contribution in [3.8, 4) is 11.4 Å². The highest BCUT2D eigenvalue weighted by Gasteiger charge is 2.42. The Labute approximate surface area is 239 Å². The number of rotatable bonds is 5. The number of anilines is 2. The molecule has 6 rings (SSSR count). The number of hydrogen-bond acceptors (Lipinski definition) is 4. The second-order valence-corrected chi connectivity index (χ2v) is 11.6. The molecule has 2 N–H and O–H groups in total. The largest absolute Gasteiger partial charge is 0.508 e. The van der Waals surface area contributed by atoms with Crippen LogP contribution in [0.5, 0.6) is 5.75 Å². The molecule has 39 heavy (non-hydrogen) atoms. The first-order chi connectivity index (χ1) is 18.9. The summed E-state index contributed by atoms with van der Waals surface area (Å²) in [4.78, 5) is 9.24. The predicted molar refractivity (Wildman–Crippen MR) is 162 cm³/mol. The first-order valence-corrected chi connectivity index (χ1v) is 14.2. The third kappa shape index (κ3) is 4.97. The van der Waals surface area contributed by atoms with Crippen molar-refractivity contribution in [3.05, 3.63) is 102 Å². The molecule has 0 aliphatic carbocycles. The molecule has 4 heterocycles. The van der Waals surface area contributed by atoms with E-state index in [1.165, 1.54) is 6.42 Å². The van der Waals surface area contributed by atoms with Crippen molar-refractivity contribution < 1.29 is 5.11 Å². The fourth-order valence-electron chi connectivity index (χ4n) is 6.18. The van der Waals surface area contributed by atoms with E-state index in [1.807, 2.05) is 54.9 Å². The van der Waals surface area contributed by atoms with E-state index in [0.29, 0.717) is 16.9 Å². The van der Waals surface area contributed by atoms with Gasteiger partial charge in [0.25, 0.3) is 0 Å². The van der Waals surface area contributed by atoms with Gasteiger partial charge in [-0.2, -0.15) is 0 Å². The summed E-state index contributed by atoms with van der Waals surface area (Å²) in [5.74, 6) is 1.50. The average Bonchev–Trinajstić information content (AvgIpc) is 3.53. The van der Waals surface area contributed by atoms with Gasteiger partial charge in [-0.3, -0.25) is 4.98 Å². The van der Waals surface area contributed by atoms with Crippen LogP contribution < -0.4 is 15.1 Å². The maximum Gasteiger partial charge on any atom is 0.174 e. The predicted octanol–water partition coefficient (Wildman–Crippen LogP) is 6.89. The Bertz CT molecular complexity index is 1460. The van der Waals surface area contributed by atoms with Crippen molar-refractivity contribution in [2.75, 3.05) is 22.9 Å². The second-order valence-electron chi connectivity index (χ2n) is 10.8. The Hall–Kier alpha value is -3.55. The zero-order valence-electron chi connectivity index (χ0n) is 22.0. The Balaban J connectivity index is 1.42. The minimum Gasteiger partial charge on any atom is -0.508 e. The van der Waals surface area contributed by atoms with E-state index >= 15 is 0 Å². The summed E-state index contributed by atoms with van der Waals surface area (Å²) in [5, 5.41) is 14.7. The highest BCUT2D eigenvalue weighted by atomic mass is 35.5. The van der Waals surface area contributed by atoms with E-state index in [2.05, 4.69) is 56.7 Å². The normalized spacial score (nSPS) is 23.2. The summed E-state index contributed by atoms with van der Waals surface area (Å²) >= 11 is 12.9. The van der Waals surface area contributed by atoms with Gasteiger partial charge in [0.05, 0.1) is 22.4 Å². The van der Waals surface area contributed by atoms with E-state index < -0.39 is 0 Å². The smallest absolute Gasteiger partial charge is 0.174 e. The summed E-state index contributed by atoms with van der Waals surface area (Å²) in [6.45, 7) is 6.64. The van der Waals surface area contributed by atoms with Crippen LogP contribution >= 0.6 is 23.8 Å². The lowest BCUT2D eigenvalue weighted by atomic mass is 9.91. The minimum atomic E-state index is -0.187. The molecule has 2 aliphatic rings. The van der Waals surface area contributed by atoms with Crippen LogP contribution in [0.1, 0.15) is 43.7 Å². The van der Waals surface area contributed by atoms with Crippen LogP contribution in [-0.4, -0.2) is 32.9 Å². The van der Waals surface area contributed by atoms with Crippen molar-refractivity contribution in [2.45, 2.75) is 32.4 Å². The number of aromatic hydroxyl groups is 1. The molecule has 2 saturated heterocycles. The van der Waals surface area contributed by atoms with Gasteiger partial charge in [-0.05, 0) is 97.2 Å². The topological polar surface area (TPSA) is 56.6 Å². The van der Waals surface area contributed by atoms with Crippen LogP contribution in [-0.2, 0) is 0 Å². The molecular formula is C31H32ClN5OS. The van der Waals surface area contributed by atoms with Crippen molar-refractivity contribution in [2.24, 2.45) is 11.8 Å². The SMILES string of the molecule is C[C@@H]1C[C@H](C)CN(c2ccc(N3C(=S)N[C@H](c4ccccn4)[C@@H]3c3cccn3-c3ccc(O)cc3)cc2Cl)C1. The molecule has 0 saturated carbocycles. The number of hydrogen-bond donors (Lipinski definition) is 2. The van der Waals surface area contributed by atoms with Crippen LogP contribution in [0, 0.1) is 11.8 Å². The lowest BCUT2D eigenvalue weighted by Gasteiger charge is -2.37. The monoisotopic (exact) mass is 557 g/mol. The van der Waals surface area contributed by atoms with Gasteiger partial charge in [0.15, 0.2) is 5.11 Å². The fourth-order valence-corrected chi connectivity index (χ4v) is 6.82. The Morgan fingerprint density at radius 3 is 2.38 bits per heavy atom. The summed E-state index contributed by atoms with van der Waals surface area (Å²) in [6.07, 6.45) is 5.09. The molecule has 0 radical (unpaired) electrons. The fraction of sp³-hybridized carbons (Fsp3) is 0.290. The quantitative estimate of drug-likeness (QED) is 0.261. The number of piperidine rings is 1. The zero-order valence-corrected chi connectivity index (χ0v) is 23.6. The number of benzene rings is 2. The zero-order chi connectivity index (χ0) is 27.1. The molecule has 4 atom stereocenters. The van der Waals surface area contributed by atoms with E-state index in [0.717, 1.165) is 46.6 Å². The van der Waals surface area contributed by atoms with Gasteiger partial charge in [0.1, 0.15) is 11.8 Å². The molecule has 0 spiro atoms. The van der Waals surface area contributed by atoms with Gasteiger partial charge in [-0.25, -0.2) is 0 Å². The summed E-state index contributed by atoms with van der Waals surface area (Å²) in [6, 6.07) is 23.2. The molecule has 6 nitrogen and oxygen atoms in total. The third-order valence-electron chi connectivity index (χ3n) is 7.73. The lowest BCUT2D eigenvalue weighted by Crippen LogP contribution is -2.38. The number of phenolic OH excluding ortho intramolecular Hbond substituents is 1. The van der Waals surface area contributed by atoms with Crippen LogP contribution in [0.4, 0.5) is 11.4 Å². The molecule has 2 aromatic heterocycles. The molecule has 4 aromatic rings. The number of phenols is 1. The minimum absolute atomic E-state index is 0.174. The molecule has 0 unspecified atom stereocenters. The van der Waals surface area contributed by atoms with Crippen LogP contribution in [0.2, 0.25) is 5.02 Å². The summed E-state index contributed by atoms with van der Waals surface area (Å²) < 4.78 is 2.13. The molecule has 2 aromatic carbocycles. The van der Waals surface area contributed by atoms with Crippen molar-refractivity contribution in [1.82, 2.24) is 14.9 Å². The molecule has 2 aliphatic heterocycles. The van der Waals surface area contributed by atoms with Gasteiger partial charge >= 0.3 is 0 Å². The van der Waals surface area contributed by atoms with Gasteiger partial charge in [-0.15, -0.1) is 0 Å². The average molecular weight is 558 g/mol. The van der Waals surface area contributed by atoms with Gasteiger partial charge in [0.2, 0.25) is 0 Å². The van der Waals surface area contributed by atoms with E-state index in [4.69, 9.17) is 23.8 Å². The maximum atomic E-state index is 9.85. The number of thiocarbonyl (C=S) groups is 1. The number of nitrogens with one attached hydrogen (secondary N) is 1. The highest BCUT2D eigenvalue weighted by molar-refractivity contribution is 7.80. The molecular weight excluding hydrogens is 526 g/mol. The highest BCUT2D eigenvalue weighted by Crippen LogP contribution is 2.44. The second kappa shape index (κ2) is 10.5. The first-order valence-electron chi connectivity index (χ1n) is 13.4. The van der Waals surface area contributed by atoms with Crippen LogP contribution in [0.25, 0.3) is 5.69 Å². The summed E-state index contributed by atoms with van der Waals surface area (Å²) in [5.41, 5.74) is 4.91. The van der Waals surface area contributed by atoms with E-state index in [9.17, 15) is 5.11 Å². The van der Waals surface area contributed by atoms with Crippen molar-refractivity contribution >= 4 is 40.3 Å². The van der Waals surface area contributed by atoms with Gasteiger partial charge in [0, 0.05) is 42.6 Å². The first kappa shape index (κ1) is 25.7. The standard InChI is InChI=1S/C31H32ClN5OS/c1-20-16-21(2)19-35(18-20)27-13-10-23(17-25(27)32)37-30(29(34-31(37)39)26-6-3-4-14-33-26)28-7-5-15-36(28)22-8-11-24(38)12-9-22/h3-15,17,20-21,29-30,38H,16,18-19H2,1-2H3,(H,34,39)/t20-,21+,29-,30+/m1/s1. The van der Waals surface area contributed by atoms with Crippen molar-refractivity contribution in [3.63, 3.8) is 0 Å². The molecule has 8 heteroatoms. The number of aromatic nitrogens is 2. The number of halogens is 1. The van der Waals surface area contributed by atoms with E-state index in [-0.39, 0.29) is 17.8 Å². The Morgan fingerprint density at radius 1 is 0.949 bits per heavy atom. The third-order valence-corrected chi connectivity index (χ3v) is 8.35. The molecule has 0 amide bonds.